The lowest BCUT2D eigenvalue weighted by Gasteiger charge is -2.13. The molecule has 0 aliphatic heterocycles. The largest absolute Gasteiger partial charge is 0.478 e. The Morgan fingerprint density at radius 2 is 1.65 bits per heavy atom. The normalized spacial score (nSPS) is 10.5. The fourth-order valence-electron chi connectivity index (χ4n) is 1.38. The molecule has 1 N–H and O–H groups in total. The highest BCUT2D eigenvalue weighted by atomic mass is 19.4. The highest BCUT2D eigenvalue weighted by Gasteiger charge is 2.34. The summed E-state index contributed by atoms with van der Waals surface area (Å²) in [7, 11) is 0. The van der Waals surface area contributed by atoms with E-state index >= 15 is 0 Å². The first-order valence-corrected chi connectivity index (χ1v) is 5.15. The van der Waals surface area contributed by atoms with Gasteiger partial charge < -0.3 is 5.11 Å². The molecule has 1 aromatic carbocycles. The molecule has 5 heteroatoms. The molecule has 0 amide bonds. The molecule has 0 aliphatic rings. The zero-order valence-electron chi connectivity index (χ0n) is 10.1. The van der Waals surface area contributed by atoms with E-state index in [1.54, 1.807) is 0 Å². The summed E-state index contributed by atoms with van der Waals surface area (Å²) >= 11 is 0. The summed E-state index contributed by atoms with van der Waals surface area (Å²) in [5.41, 5.74) is -1.16. The smallest absolute Gasteiger partial charge is 0.416 e. The third-order valence-corrected chi connectivity index (χ3v) is 2.09. The van der Waals surface area contributed by atoms with E-state index in [1.165, 1.54) is 13.0 Å². The molecule has 0 aromatic heterocycles. The zero-order chi connectivity index (χ0) is 13.8. The molecule has 1 aromatic rings. The molecule has 0 spiro atoms. The van der Waals surface area contributed by atoms with E-state index in [-0.39, 0.29) is 16.7 Å². The molecule has 2 nitrogen and oxygen atoms in total. The second-order valence-corrected chi connectivity index (χ2v) is 3.29. The van der Waals surface area contributed by atoms with E-state index in [1.807, 2.05) is 13.8 Å². The van der Waals surface area contributed by atoms with Gasteiger partial charge in [0.05, 0.1) is 11.1 Å². The minimum Gasteiger partial charge on any atom is -0.478 e. The molecular formula is C12H15F3O2. The summed E-state index contributed by atoms with van der Waals surface area (Å²) < 4.78 is 37.4. The Balaban J connectivity index is 0.00000121. The fraction of sp³-hybridized carbons (Fsp3) is 0.417. The van der Waals surface area contributed by atoms with Gasteiger partial charge >= 0.3 is 12.1 Å². The predicted molar refractivity (Wildman–Crippen MR) is 59.2 cm³/mol. The average molecular weight is 248 g/mol. The van der Waals surface area contributed by atoms with Crippen molar-refractivity contribution in [3.63, 3.8) is 0 Å². The summed E-state index contributed by atoms with van der Waals surface area (Å²) in [5.74, 6) is -1.35. The quantitative estimate of drug-likeness (QED) is 0.814. The van der Waals surface area contributed by atoms with Crippen LogP contribution < -0.4 is 0 Å². The fourth-order valence-corrected chi connectivity index (χ4v) is 1.38. The number of aryl methyl sites for hydroxylation is 1. The van der Waals surface area contributed by atoms with Crippen LogP contribution in [0.25, 0.3) is 0 Å². The number of alkyl halides is 3. The van der Waals surface area contributed by atoms with Crippen LogP contribution in [0.5, 0.6) is 0 Å². The number of benzene rings is 1. The number of carbonyl (C=O) groups is 1. The number of carboxylic acids is 1. The van der Waals surface area contributed by atoms with Crippen LogP contribution >= 0.6 is 0 Å². The Hall–Kier alpha value is -1.52. The molecule has 0 radical (unpaired) electrons. The average Bonchev–Trinajstić information content (AvgIpc) is 2.22. The van der Waals surface area contributed by atoms with Crippen molar-refractivity contribution in [2.45, 2.75) is 33.9 Å². The van der Waals surface area contributed by atoms with Crippen LogP contribution in [0.4, 0.5) is 13.2 Å². The summed E-state index contributed by atoms with van der Waals surface area (Å²) in [5, 5.41) is 8.71. The van der Waals surface area contributed by atoms with Gasteiger partial charge in [0.25, 0.3) is 0 Å². The number of hydrogen-bond acceptors (Lipinski definition) is 1. The van der Waals surface area contributed by atoms with Crippen LogP contribution in [0, 0.1) is 13.8 Å². The van der Waals surface area contributed by atoms with Crippen molar-refractivity contribution in [2.75, 3.05) is 0 Å². The molecule has 0 aliphatic carbocycles. The highest BCUT2D eigenvalue weighted by Crippen LogP contribution is 2.33. The number of halogens is 3. The summed E-state index contributed by atoms with van der Waals surface area (Å²) in [4.78, 5) is 10.7. The Kier molecular flexibility index (Phi) is 5.19. The highest BCUT2D eigenvalue weighted by molar-refractivity contribution is 5.90. The van der Waals surface area contributed by atoms with E-state index in [9.17, 15) is 18.0 Å². The van der Waals surface area contributed by atoms with Crippen LogP contribution in [-0.4, -0.2) is 11.1 Å². The molecule has 0 heterocycles. The minimum absolute atomic E-state index is 0.249. The Bertz CT molecular complexity index is 409. The first-order chi connectivity index (χ1) is 7.73. The Morgan fingerprint density at radius 1 is 1.18 bits per heavy atom. The van der Waals surface area contributed by atoms with Gasteiger partial charge in [-0.1, -0.05) is 13.8 Å². The molecule has 0 unspecified atom stereocenters. The maximum absolute atomic E-state index is 12.5. The van der Waals surface area contributed by atoms with Gasteiger partial charge in [0.2, 0.25) is 0 Å². The van der Waals surface area contributed by atoms with Crippen LogP contribution in [0.3, 0.4) is 0 Å². The molecule has 17 heavy (non-hydrogen) atoms. The number of carboxylic acid groups (broad SMARTS) is 1. The van der Waals surface area contributed by atoms with Crippen LogP contribution in [-0.2, 0) is 6.18 Å². The van der Waals surface area contributed by atoms with Crippen molar-refractivity contribution in [3.05, 3.63) is 34.4 Å². The Labute approximate surface area is 98.1 Å². The van der Waals surface area contributed by atoms with Crippen LogP contribution in [0.1, 0.15) is 40.9 Å². The lowest BCUT2D eigenvalue weighted by Crippen LogP contribution is -2.12. The maximum Gasteiger partial charge on any atom is 0.416 e. The molecule has 0 fully saturated rings. The molecule has 0 saturated heterocycles. The van der Waals surface area contributed by atoms with E-state index in [0.717, 1.165) is 13.0 Å². The SMILES string of the molecule is CC.Cc1cc(C(=O)O)c(C)c(C(F)(F)F)c1. The second-order valence-electron chi connectivity index (χ2n) is 3.29. The summed E-state index contributed by atoms with van der Waals surface area (Å²) in [6.45, 7) is 6.59. The second kappa shape index (κ2) is 5.70. The van der Waals surface area contributed by atoms with Crippen LogP contribution in [0.15, 0.2) is 12.1 Å². The first-order valence-electron chi connectivity index (χ1n) is 5.15. The standard InChI is InChI=1S/C10H9F3O2.C2H6/c1-5-3-7(9(14)15)6(2)8(4-5)10(11,12)13;1-2/h3-4H,1-2H3,(H,14,15);1-2H3. The molecule has 0 atom stereocenters. The van der Waals surface area contributed by atoms with Gasteiger partial charge in [0, 0.05) is 0 Å². The summed E-state index contributed by atoms with van der Waals surface area (Å²) in [6.07, 6.45) is -4.51. The summed E-state index contributed by atoms with van der Waals surface area (Å²) in [6, 6.07) is 2.18. The van der Waals surface area contributed by atoms with E-state index in [2.05, 4.69) is 0 Å². The third-order valence-electron chi connectivity index (χ3n) is 2.09. The maximum atomic E-state index is 12.5. The third kappa shape index (κ3) is 3.76. The number of hydrogen-bond donors (Lipinski definition) is 1. The monoisotopic (exact) mass is 248 g/mol. The van der Waals surface area contributed by atoms with E-state index in [4.69, 9.17) is 5.11 Å². The minimum atomic E-state index is -4.51. The van der Waals surface area contributed by atoms with Crippen molar-refractivity contribution in [2.24, 2.45) is 0 Å². The zero-order valence-corrected chi connectivity index (χ0v) is 10.1. The lowest BCUT2D eigenvalue weighted by atomic mass is 9.99. The lowest BCUT2D eigenvalue weighted by molar-refractivity contribution is -0.138. The molecule has 0 saturated carbocycles. The van der Waals surface area contributed by atoms with E-state index < -0.39 is 17.7 Å². The van der Waals surface area contributed by atoms with Gasteiger partial charge in [-0.05, 0) is 37.1 Å². The first kappa shape index (κ1) is 15.5. The van der Waals surface area contributed by atoms with Gasteiger partial charge in [-0.3, -0.25) is 0 Å². The van der Waals surface area contributed by atoms with Gasteiger partial charge in [-0.25, -0.2) is 4.79 Å². The van der Waals surface area contributed by atoms with Crippen molar-refractivity contribution < 1.29 is 23.1 Å². The predicted octanol–water partition coefficient (Wildman–Crippen LogP) is 4.05. The van der Waals surface area contributed by atoms with Crippen molar-refractivity contribution >= 4 is 5.97 Å². The van der Waals surface area contributed by atoms with Crippen molar-refractivity contribution in [3.8, 4) is 0 Å². The van der Waals surface area contributed by atoms with Crippen molar-refractivity contribution in [1.29, 1.82) is 0 Å². The van der Waals surface area contributed by atoms with Crippen LogP contribution in [0.2, 0.25) is 0 Å². The van der Waals surface area contributed by atoms with Gasteiger partial charge in [-0.15, -0.1) is 0 Å². The van der Waals surface area contributed by atoms with Gasteiger partial charge in [0.1, 0.15) is 0 Å². The number of rotatable bonds is 1. The van der Waals surface area contributed by atoms with E-state index in [0.29, 0.717) is 0 Å². The molecule has 1 rings (SSSR count). The van der Waals surface area contributed by atoms with Gasteiger partial charge in [-0.2, -0.15) is 13.2 Å². The van der Waals surface area contributed by atoms with Gasteiger partial charge in [0.15, 0.2) is 0 Å². The molecule has 96 valence electrons. The molecular weight excluding hydrogens is 233 g/mol. The Morgan fingerprint density at radius 3 is 2.00 bits per heavy atom. The number of aromatic carboxylic acids is 1. The van der Waals surface area contributed by atoms with Crippen molar-refractivity contribution in [1.82, 2.24) is 0 Å². The molecule has 0 bridgehead atoms. The topological polar surface area (TPSA) is 37.3 Å².